The van der Waals surface area contributed by atoms with Crippen molar-refractivity contribution in [3.05, 3.63) is 77.6 Å². The van der Waals surface area contributed by atoms with Gasteiger partial charge in [-0.3, -0.25) is 9.59 Å². The number of nitrogens with zero attached hydrogens (tertiary/aromatic N) is 4. The molecule has 3 aromatic rings. The number of amides is 2. The molecule has 36 heavy (non-hydrogen) atoms. The number of methoxy groups -OCH3 is 1. The molecule has 0 aliphatic carbocycles. The number of carbonyl (C=O) groups is 2. The van der Waals surface area contributed by atoms with E-state index in [-0.39, 0.29) is 23.6 Å². The highest BCUT2D eigenvalue weighted by Crippen LogP contribution is 2.34. The fourth-order valence-corrected chi connectivity index (χ4v) is 5.17. The number of rotatable bonds is 9. The number of benzene rings is 2. The van der Waals surface area contributed by atoms with E-state index < -0.39 is 0 Å². The highest BCUT2D eigenvalue weighted by molar-refractivity contribution is 7.99. The molecule has 1 fully saturated rings. The summed E-state index contributed by atoms with van der Waals surface area (Å²) in [5.41, 5.74) is 3.38. The number of carbonyl (C=O) groups excluding carboxylic acids is 2. The highest BCUT2D eigenvalue weighted by Gasteiger charge is 2.34. The van der Waals surface area contributed by atoms with Gasteiger partial charge in [-0.15, -0.1) is 16.8 Å². The van der Waals surface area contributed by atoms with E-state index in [9.17, 15) is 9.59 Å². The summed E-state index contributed by atoms with van der Waals surface area (Å²) in [4.78, 5) is 27.9. The Hall–Kier alpha value is -3.59. The Morgan fingerprint density at radius 3 is 2.75 bits per heavy atom. The zero-order chi connectivity index (χ0) is 25.7. The lowest BCUT2D eigenvalue weighted by Crippen LogP contribution is -2.32. The van der Waals surface area contributed by atoms with Crippen LogP contribution in [0.25, 0.3) is 0 Å². The van der Waals surface area contributed by atoms with Crippen molar-refractivity contribution in [2.24, 2.45) is 0 Å². The van der Waals surface area contributed by atoms with Crippen LogP contribution < -0.4 is 10.1 Å². The van der Waals surface area contributed by atoms with Crippen molar-refractivity contribution in [3.8, 4) is 5.75 Å². The van der Waals surface area contributed by atoms with Gasteiger partial charge in [-0.05, 0) is 56.5 Å². The maximum absolute atomic E-state index is 13.3. The molecule has 8 nitrogen and oxygen atoms in total. The number of hydrogen-bond donors (Lipinski definition) is 1. The van der Waals surface area contributed by atoms with Gasteiger partial charge in [0.05, 0.1) is 24.6 Å². The van der Waals surface area contributed by atoms with Crippen molar-refractivity contribution in [2.75, 3.05) is 24.7 Å². The molecule has 1 aromatic heterocycles. The molecule has 2 heterocycles. The second-order valence-electron chi connectivity index (χ2n) is 8.81. The van der Waals surface area contributed by atoms with Crippen molar-refractivity contribution in [2.45, 2.75) is 44.4 Å². The van der Waals surface area contributed by atoms with Gasteiger partial charge in [0.15, 0.2) is 11.0 Å². The standard InChI is InChI=1S/C27H31N5O3S/c1-5-13-32-25(22-10-7-14-31(22)26(34)20-9-6-8-18(2)15-20)29-30-27(32)36-17-24(33)28-21-16-19(3)11-12-23(21)35-4/h5-6,8-9,11-12,15-16,22H,1,7,10,13-14,17H2,2-4H3,(H,28,33). The molecule has 4 rings (SSSR count). The molecule has 1 atom stereocenters. The van der Waals surface area contributed by atoms with Crippen LogP contribution in [0.1, 0.15) is 46.2 Å². The van der Waals surface area contributed by atoms with Crippen molar-refractivity contribution in [1.82, 2.24) is 19.7 Å². The molecule has 1 saturated heterocycles. The first kappa shape index (κ1) is 25.5. The van der Waals surface area contributed by atoms with Crippen LogP contribution in [0.15, 0.2) is 60.3 Å². The lowest BCUT2D eigenvalue weighted by Gasteiger charge is -2.25. The van der Waals surface area contributed by atoms with Gasteiger partial charge in [0.25, 0.3) is 5.91 Å². The summed E-state index contributed by atoms with van der Waals surface area (Å²) >= 11 is 1.30. The molecular formula is C27H31N5O3S. The van der Waals surface area contributed by atoms with E-state index in [1.807, 2.05) is 65.8 Å². The number of hydrogen-bond acceptors (Lipinski definition) is 6. The highest BCUT2D eigenvalue weighted by atomic mass is 32.2. The largest absolute Gasteiger partial charge is 0.495 e. The summed E-state index contributed by atoms with van der Waals surface area (Å²) < 4.78 is 7.30. The van der Waals surface area contributed by atoms with Crippen molar-refractivity contribution in [3.63, 3.8) is 0 Å². The van der Waals surface area contributed by atoms with Gasteiger partial charge in [0.2, 0.25) is 5.91 Å². The molecule has 0 bridgehead atoms. The zero-order valence-electron chi connectivity index (χ0n) is 20.9. The Labute approximate surface area is 215 Å². The number of ether oxygens (including phenoxy) is 1. The lowest BCUT2D eigenvalue weighted by molar-refractivity contribution is -0.113. The summed E-state index contributed by atoms with van der Waals surface area (Å²) in [7, 11) is 1.57. The third-order valence-corrected chi connectivity index (χ3v) is 7.06. The molecule has 1 aliphatic heterocycles. The van der Waals surface area contributed by atoms with Crippen LogP contribution in [0.3, 0.4) is 0 Å². The Morgan fingerprint density at radius 1 is 1.19 bits per heavy atom. The minimum absolute atomic E-state index is 0.00460. The van der Waals surface area contributed by atoms with E-state index in [0.29, 0.717) is 35.2 Å². The number of likely N-dealkylation sites (tertiary alicyclic amines) is 1. The van der Waals surface area contributed by atoms with E-state index in [1.54, 1.807) is 13.2 Å². The summed E-state index contributed by atoms with van der Waals surface area (Å²) in [5, 5.41) is 12.4. The Morgan fingerprint density at radius 2 is 2.00 bits per heavy atom. The van der Waals surface area contributed by atoms with E-state index in [0.717, 1.165) is 29.8 Å². The molecule has 1 aliphatic rings. The summed E-state index contributed by atoms with van der Waals surface area (Å²) in [5.74, 6) is 1.31. The Balaban J connectivity index is 1.49. The molecule has 0 spiro atoms. The average molecular weight is 506 g/mol. The number of anilines is 1. The summed E-state index contributed by atoms with van der Waals surface area (Å²) in [6, 6.07) is 13.1. The third kappa shape index (κ3) is 5.62. The zero-order valence-corrected chi connectivity index (χ0v) is 21.7. The van der Waals surface area contributed by atoms with Crippen LogP contribution >= 0.6 is 11.8 Å². The van der Waals surface area contributed by atoms with Crippen molar-refractivity contribution < 1.29 is 14.3 Å². The molecule has 1 N–H and O–H groups in total. The number of thioether (sulfide) groups is 1. The third-order valence-electron chi connectivity index (χ3n) is 6.10. The van der Waals surface area contributed by atoms with Gasteiger partial charge >= 0.3 is 0 Å². The van der Waals surface area contributed by atoms with Gasteiger partial charge in [-0.2, -0.15) is 0 Å². The lowest BCUT2D eigenvalue weighted by atomic mass is 10.1. The molecule has 0 saturated carbocycles. The minimum Gasteiger partial charge on any atom is -0.495 e. The van der Waals surface area contributed by atoms with Crippen LogP contribution in [0.4, 0.5) is 5.69 Å². The van der Waals surface area contributed by atoms with Gasteiger partial charge in [-0.25, -0.2) is 0 Å². The van der Waals surface area contributed by atoms with Gasteiger partial charge in [0.1, 0.15) is 5.75 Å². The van der Waals surface area contributed by atoms with Gasteiger partial charge < -0.3 is 19.5 Å². The maximum atomic E-state index is 13.3. The monoisotopic (exact) mass is 505 g/mol. The van der Waals surface area contributed by atoms with Gasteiger partial charge in [0, 0.05) is 18.7 Å². The molecule has 9 heteroatoms. The number of aryl methyl sites for hydroxylation is 2. The molecule has 2 amide bonds. The number of nitrogens with one attached hydrogen (secondary N) is 1. The molecule has 1 unspecified atom stereocenters. The first-order valence-electron chi connectivity index (χ1n) is 11.9. The van der Waals surface area contributed by atoms with Crippen LogP contribution in [0, 0.1) is 13.8 Å². The second-order valence-corrected chi connectivity index (χ2v) is 9.75. The summed E-state index contributed by atoms with van der Waals surface area (Å²) in [6.45, 7) is 8.97. The Bertz CT molecular complexity index is 1270. The fourth-order valence-electron chi connectivity index (χ4n) is 4.41. The normalized spacial score (nSPS) is 15.1. The fraction of sp³-hybridized carbons (Fsp3) is 0.333. The van der Waals surface area contributed by atoms with Crippen LogP contribution in [-0.4, -0.2) is 50.9 Å². The molecule has 2 aromatic carbocycles. The predicted molar refractivity (Wildman–Crippen MR) is 141 cm³/mol. The van der Waals surface area contributed by atoms with Crippen molar-refractivity contribution in [1.29, 1.82) is 0 Å². The smallest absolute Gasteiger partial charge is 0.254 e. The molecular weight excluding hydrogens is 474 g/mol. The van der Waals surface area contributed by atoms with E-state index in [2.05, 4.69) is 22.1 Å². The van der Waals surface area contributed by atoms with Crippen LogP contribution in [0.2, 0.25) is 0 Å². The van der Waals surface area contributed by atoms with E-state index in [4.69, 9.17) is 4.74 Å². The van der Waals surface area contributed by atoms with E-state index >= 15 is 0 Å². The molecule has 188 valence electrons. The number of allylic oxidation sites excluding steroid dienone is 1. The average Bonchev–Trinajstić information content (AvgIpc) is 3.50. The van der Waals surface area contributed by atoms with E-state index in [1.165, 1.54) is 11.8 Å². The topological polar surface area (TPSA) is 89.3 Å². The first-order valence-corrected chi connectivity index (χ1v) is 12.9. The molecule has 0 radical (unpaired) electrons. The van der Waals surface area contributed by atoms with Crippen LogP contribution in [-0.2, 0) is 11.3 Å². The minimum atomic E-state index is -0.176. The summed E-state index contributed by atoms with van der Waals surface area (Å²) in [6.07, 6.45) is 3.48. The SMILES string of the molecule is C=CCn1c(SCC(=O)Nc2cc(C)ccc2OC)nnc1C1CCCN1C(=O)c1cccc(C)c1. The number of aromatic nitrogens is 3. The van der Waals surface area contributed by atoms with Gasteiger partial charge in [-0.1, -0.05) is 41.6 Å². The maximum Gasteiger partial charge on any atom is 0.254 e. The van der Waals surface area contributed by atoms with Crippen molar-refractivity contribution >= 4 is 29.3 Å². The second kappa shape index (κ2) is 11.4. The quantitative estimate of drug-likeness (QED) is 0.332. The predicted octanol–water partition coefficient (Wildman–Crippen LogP) is 4.80. The van der Waals surface area contributed by atoms with Crippen LogP contribution in [0.5, 0.6) is 5.75 Å². The first-order chi connectivity index (χ1) is 17.4. The Kier molecular flexibility index (Phi) is 8.10.